The highest BCUT2D eigenvalue weighted by molar-refractivity contribution is 14.1. The molecule has 0 aliphatic rings. The average molecular weight is 623 g/mol. The Kier molecular flexibility index (Phi) is 7.71. The maximum atomic E-state index is 12.3. The standard InChI is InChI=1S/C18H13BrI2N2O2/c1-2-25-17-15(20)8-11(9-16(17)21)7-12(10-22)18(24)23-14-5-3-13(19)4-6-14/h3-9H,2H2,1H3,(H,23,24)/b12-7-. The number of nitrogens with one attached hydrogen (secondary N) is 1. The summed E-state index contributed by atoms with van der Waals surface area (Å²) in [6, 6.07) is 12.9. The molecule has 25 heavy (non-hydrogen) atoms. The van der Waals surface area contributed by atoms with Crippen molar-refractivity contribution in [2.45, 2.75) is 6.92 Å². The molecule has 0 atom stereocenters. The summed E-state index contributed by atoms with van der Waals surface area (Å²) in [7, 11) is 0. The van der Waals surface area contributed by atoms with Crippen LogP contribution in [0.2, 0.25) is 0 Å². The number of hydrogen-bond donors (Lipinski definition) is 1. The molecule has 0 bridgehead atoms. The number of benzene rings is 2. The van der Waals surface area contributed by atoms with Gasteiger partial charge in [-0.2, -0.15) is 5.26 Å². The van der Waals surface area contributed by atoms with Gasteiger partial charge in [0, 0.05) is 10.2 Å². The molecule has 128 valence electrons. The zero-order chi connectivity index (χ0) is 18.4. The van der Waals surface area contributed by atoms with Crippen LogP contribution >= 0.6 is 61.1 Å². The molecule has 2 aromatic rings. The Balaban J connectivity index is 2.26. The minimum atomic E-state index is -0.441. The van der Waals surface area contributed by atoms with E-state index in [1.54, 1.807) is 18.2 Å². The highest BCUT2D eigenvalue weighted by Crippen LogP contribution is 2.30. The summed E-state index contributed by atoms with van der Waals surface area (Å²) in [6.45, 7) is 2.51. The van der Waals surface area contributed by atoms with Crippen molar-refractivity contribution in [3.8, 4) is 11.8 Å². The summed E-state index contributed by atoms with van der Waals surface area (Å²) in [5, 5.41) is 12.1. The first-order valence-corrected chi connectivity index (χ1v) is 10.2. The molecule has 0 spiro atoms. The molecule has 4 nitrogen and oxygen atoms in total. The van der Waals surface area contributed by atoms with E-state index in [1.165, 1.54) is 0 Å². The molecule has 1 amide bonds. The Morgan fingerprint density at radius 3 is 2.40 bits per heavy atom. The van der Waals surface area contributed by atoms with Crippen LogP contribution in [0.5, 0.6) is 5.75 Å². The van der Waals surface area contributed by atoms with E-state index in [0.717, 1.165) is 22.9 Å². The zero-order valence-corrected chi connectivity index (χ0v) is 19.0. The van der Waals surface area contributed by atoms with Gasteiger partial charge in [-0.25, -0.2) is 0 Å². The summed E-state index contributed by atoms with van der Waals surface area (Å²) >= 11 is 7.71. The molecular weight excluding hydrogens is 610 g/mol. The summed E-state index contributed by atoms with van der Waals surface area (Å²) in [4.78, 5) is 12.3. The van der Waals surface area contributed by atoms with Crippen molar-refractivity contribution in [2.24, 2.45) is 0 Å². The third-order valence-electron chi connectivity index (χ3n) is 3.09. The fraction of sp³-hybridized carbons (Fsp3) is 0.111. The predicted octanol–water partition coefficient (Wildman–Crippen LogP) is 5.60. The summed E-state index contributed by atoms with van der Waals surface area (Å²) in [5.74, 6) is 0.377. The second kappa shape index (κ2) is 9.54. The lowest BCUT2D eigenvalue weighted by Gasteiger charge is -2.10. The SMILES string of the molecule is CCOc1c(I)cc(/C=C(/C#N)C(=O)Nc2ccc(Br)cc2)cc1I. The van der Waals surface area contributed by atoms with Gasteiger partial charge in [0.2, 0.25) is 0 Å². The van der Waals surface area contributed by atoms with Crippen molar-refractivity contribution >= 4 is 78.8 Å². The second-order valence-corrected chi connectivity index (χ2v) is 8.12. The van der Waals surface area contributed by atoms with Crippen LogP contribution in [0, 0.1) is 18.5 Å². The maximum Gasteiger partial charge on any atom is 0.266 e. The number of anilines is 1. The highest BCUT2D eigenvalue weighted by atomic mass is 127. The fourth-order valence-corrected chi connectivity index (χ4v) is 4.38. The number of amides is 1. The topological polar surface area (TPSA) is 62.1 Å². The van der Waals surface area contributed by atoms with Crippen molar-refractivity contribution in [1.29, 1.82) is 5.26 Å². The Hall–Kier alpha value is -1.12. The van der Waals surface area contributed by atoms with Crippen LogP contribution in [0.1, 0.15) is 12.5 Å². The third-order valence-corrected chi connectivity index (χ3v) is 5.22. The van der Waals surface area contributed by atoms with E-state index < -0.39 is 5.91 Å². The van der Waals surface area contributed by atoms with E-state index in [1.807, 2.05) is 37.3 Å². The van der Waals surface area contributed by atoms with E-state index in [-0.39, 0.29) is 5.57 Å². The monoisotopic (exact) mass is 622 g/mol. The highest BCUT2D eigenvalue weighted by Gasteiger charge is 2.12. The molecule has 2 rings (SSSR count). The number of nitrogens with zero attached hydrogens (tertiary/aromatic N) is 1. The van der Waals surface area contributed by atoms with Crippen LogP contribution in [0.3, 0.4) is 0 Å². The second-order valence-electron chi connectivity index (χ2n) is 4.88. The van der Waals surface area contributed by atoms with Crippen LogP contribution in [0.15, 0.2) is 46.4 Å². The summed E-state index contributed by atoms with van der Waals surface area (Å²) in [6.07, 6.45) is 1.58. The normalized spacial score (nSPS) is 10.9. The van der Waals surface area contributed by atoms with Crippen molar-refractivity contribution < 1.29 is 9.53 Å². The molecule has 2 aromatic carbocycles. The Labute approximate surface area is 182 Å². The van der Waals surface area contributed by atoms with Gasteiger partial charge in [-0.15, -0.1) is 0 Å². The number of carbonyl (C=O) groups excluding carboxylic acids is 1. The lowest BCUT2D eigenvalue weighted by Crippen LogP contribution is -2.13. The first-order chi connectivity index (χ1) is 11.9. The molecule has 0 unspecified atom stereocenters. The van der Waals surface area contributed by atoms with Crippen LogP contribution in [-0.2, 0) is 4.79 Å². The zero-order valence-electron chi connectivity index (χ0n) is 13.1. The number of hydrogen-bond acceptors (Lipinski definition) is 3. The fourth-order valence-electron chi connectivity index (χ4n) is 1.99. The Morgan fingerprint density at radius 1 is 1.28 bits per heavy atom. The molecule has 0 heterocycles. The summed E-state index contributed by atoms with van der Waals surface area (Å²) in [5.41, 5.74) is 1.45. The minimum Gasteiger partial charge on any atom is -0.492 e. The number of rotatable bonds is 5. The van der Waals surface area contributed by atoms with Gasteiger partial charge >= 0.3 is 0 Å². The van der Waals surface area contributed by atoms with Crippen LogP contribution in [-0.4, -0.2) is 12.5 Å². The van der Waals surface area contributed by atoms with E-state index >= 15 is 0 Å². The number of ether oxygens (including phenoxy) is 1. The first kappa shape index (κ1) is 20.2. The molecule has 0 radical (unpaired) electrons. The largest absolute Gasteiger partial charge is 0.492 e. The molecule has 1 N–H and O–H groups in total. The van der Waals surface area contributed by atoms with Gasteiger partial charge in [0.05, 0.1) is 13.7 Å². The molecule has 0 saturated heterocycles. The van der Waals surface area contributed by atoms with E-state index in [9.17, 15) is 10.1 Å². The molecule has 0 aliphatic heterocycles. The van der Waals surface area contributed by atoms with Gasteiger partial charge < -0.3 is 10.1 Å². The third kappa shape index (κ3) is 5.69. The van der Waals surface area contributed by atoms with Gasteiger partial charge in [0.25, 0.3) is 5.91 Å². The van der Waals surface area contributed by atoms with Crippen molar-refractivity contribution in [3.05, 3.63) is 59.1 Å². The van der Waals surface area contributed by atoms with Gasteiger partial charge in [-0.1, -0.05) is 15.9 Å². The van der Waals surface area contributed by atoms with Crippen molar-refractivity contribution in [1.82, 2.24) is 0 Å². The Morgan fingerprint density at radius 2 is 1.88 bits per heavy atom. The predicted molar refractivity (Wildman–Crippen MR) is 119 cm³/mol. The van der Waals surface area contributed by atoms with E-state index in [0.29, 0.717) is 12.3 Å². The number of nitriles is 1. The van der Waals surface area contributed by atoms with Gasteiger partial charge in [0.1, 0.15) is 17.4 Å². The first-order valence-electron chi connectivity index (χ1n) is 7.25. The van der Waals surface area contributed by atoms with Gasteiger partial charge in [-0.05, 0) is 100 Å². The van der Waals surface area contributed by atoms with Crippen molar-refractivity contribution in [3.63, 3.8) is 0 Å². The van der Waals surface area contributed by atoms with Crippen molar-refractivity contribution in [2.75, 3.05) is 11.9 Å². The maximum absolute atomic E-state index is 12.3. The molecule has 0 aliphatic carbocycles. The smallest absolute Gasteiger partial charge is 0.266 e. The molecule has 0 fully saturated rings. The van der Waals surface area contributed by atoms with Gasteiger partial charge in [-0.3, -0.25) is 4.79 Å². The molecule has 7 heteroatoms. The summed E-state index contributed by atoms with van der Waals surface area (Å²) < 4.78 is 8.39. The van der Waals surface area contributed by atoms with Crippen LogP contribution in [0.4, 0.5) is 5.69 Å². The lowest BCUT2D eigenvalue weighted by atomic mass is 10.1. The Bertz CT molecular complexity index is 835. The lowest BCUT2D eigenvalue weighted by molar-refractivity contribution is -0.112. The molecule has 0 aromatic heterocycles. The van der Waals surface area contributed by atoms with Crippen LogP contribution in [0.25, 0.3) is 6.08 Å². The molecular formula is C18H13BrI2N2O2. The quantitative estimate of drug-likeness (QED) is 0.268. The van der Waals surface area contributed by atoms with Crippen LogP contribution < -0.4 is 10.1 Å². The minimum absolute atomic E-state index is 0.0404. The number of carbonyl (C=O) groups is 1. The van der Waals surface area contributed by atoms with E-state index in [4.69, 9.17) is 4.74 Å². The average Bonchev–Trinajstić information content (AvgIpc) is 2.58. The molecule has 0 saturated carbocycles. The van der Waals surface area contributed by atoms with Gasteiger partial charge in [0.15, 0.2) is 0 Å². The number of halogens is 3. The van der Waals surface area contributed by atoms with E-state index in [2.05, 4.69) is 66.4 Å².